The molecule has 3 heterocycles. The monoisotopic (exact) mass is 426 g/mol. The minimum Gasteiger partial charge on any atom is -0.328 e. The summed E-state index contributed by atoms with van der Waals surface area (Å²) >= 11 is 1.37. The number of carbonyl (C=O) groups is 1. The van der Waals surface area contributed by atoms with Crippen molar-refractivity contribution >= 4 is 54.1 Å². The van der Waals surface area contributed by atoms with Gasteiger partial charge >= 0.3 is 0 Å². The highest BCUT2D eigenvalue weighted by Crippen LogP contribution is 2.35. The topological polar surface area (TPSA) is 91.7 Å². The lowest BCUT2D eigenvalue weighted by Crippen LogP contribution is -2.35. The third kappa shape index (κ3) is 3.30. The standard InChI is InChI=1S/C20H18N4O3S2/c25-19(22-20-21-14-6-3-4-7-16(14)28-20)13-9-10-15-17(12-13)29(26,27)23-18-8-2-1-5-11-24(15)18/h3-4,6-7,9-10,12H,1-2,5,8,11H2,(H,21,22,25). The molecule has 0 bridgehead atoms. The number of sulfonamides is 1. The second kappa shape index (κ2) is 6.93. The first kappa shape index (κ1) is 18.3. The third-order valence-electron chi connectivity index (χ3n) is 5.12. The van der Waals surface area contributed by atoms with Gasteiger partial charge in [0.25, 0.3) is 15.9 Å². The van der Waals surface area contributed by atoms with Crippen LogP contribution in [0.5, 0.6) is 0 Å². The van der Waals surface area contributed by atoms with Gasteiger partial charge < -0.3 is 4.90 Å². The largest absolute Gasteiger partial charge is 0.328 e. The molecule has 2 aliphatic rings. The number of fused-ring (bicyclic) bond motifs is 4. The van der Waals surface area contributed by atoms with E-state index in [1.165, 1.54) is 17.4 Å². The average molecular weight is 427 g/mol. The van der Waals surface area contributed by atoms with Gasteiger partial charge in [0.1, 0.15) is 10.7 Å². The fraction of sp³-hybridized carbons (Fsp3) is 0.250. The Morgan fingerprint density at radius 2 is 1.97 bits per heavy atom. The van der Waals surface area contributed by atoms with Gasteiger partial charge in [0.05, 0.1) is 15.9 Å². The molecule has 1 saturated heterocycles. The zero-order chi connectivity index (χ0) is 20.0. The Bertz CT molecular complexity index is 1230. The number of amides is 1. The molecule has 0 aliphatic carbocycles. The van der Waals surface area contributed by atoms with Crippen molar-refractivity contribution < 1.29 is 13.2 Å². The van der Waals surface area contributed by atoms with Gasteiger partial charge in [-0.2, -0.15) is 8.42 Å². The Kier molecular flexibility index (Phi) is 4.36. The van der Waals surface area contributed by atoms with Crippen LogP contribution in [0.3, 0.4) is 0 Å². The molecule has 0 spiro atoms. The van der Waals surface area contributed by atoms with Gasteiger partial charge in [0.15, 0.2) is 5.13 Å². The number of nitrogens with zero attached hydrogens (tertiary/aromatic N) is 3. The molecule has 1 amide bonds. The molecule has 7 nitrogen and oxygen atoms in total. The number of benzene rings is 2. The van der Waals surface area contributed by atoms with Gasteiger partial charge in [0, 0.05) is 18.5 Å². The molecule has 1 fully saturated rings. The van der Waals surface area contributed by atoms with Gasteiger partial charge in [-0.3, -0.25) is 10.1 Å². The Morgan fingerprint density at radius 1 is 1.10 bits per heavy atom. The van der Waals surface area contributed by atoms with Crippen LogP contribution in [0.2, 0.25) is 0 Å². The van der Waals surface area contributed by atoms with E-state index in [-0.39, 0.29) is 10.5 Å². The highest BCUT2D eigenvalue weighted by molar-refractivity contribution is 7.90. The highest BCUT2D eigenvalue weighted by Gasteiger charge is 2.32. The molecule has 3 aromatic rings. The quantitative estimate of drug-likeness (QED) is 0.668. The fourth-order valence-corrected chi connectivity index (χ4v) is 5.86. The van der Waals surface area contributed by atoms with Crippen LogP contribution in [0.1, 0.15) is 36.0 Å². The van der Waals surface area contributed by atoms with Crippen LogP contribution in [0, 0.1) is 0 Å². The van der Waals surface area contributed by atoms with E-state index in [0.717, 1.165) is 36.0 Å². The number of hydrogen-bond donors (Lipinski definition) is 1. The van der Waals surface area contributed by atoms with Crippen LogP contribution < -0.4 is 10.2 Å². The predicted molar refractivity (Wildman–Crippen MR) is 114 cm³/mol. The summed E-state index contributed by atoms with van der Waals surface area (Å²) in [6, 6.07) is 12.4. The minimum absolute atomic E-state index is 0.0834. The molecule has 0 unspecified atom stereocenters. The van der Waals surface area contributed by atoms with Crippen molar-refractivity contribution in [1.29, 1.82) is 0 Å². The summed E-state index contributed by atoms with van der Waals surface area (Å²) in [7, 11) is -3.82. The molecular weight excluding hydrogens is 408 g/mol. The summed E-state index contributed by atoms with van der Waals surface area (Å²) in [6.45, 7) is 0.735. The molecule has 5 rings (SSSR count). The molecule has 29 heavy (non-hydrogen) atoms. The number of rotatable bonds is 2. The molecule has 148 valence electrons. The molecule has 9 heteroatoms. The fourth-order valence-electron chi connectivity index (χ4n) is 3.72. The highest BCUT2D eigenvalue weighted by atomic mass is 32.2. The lowest BCUT2D eigenvalue weighted by molar-refractivity contribution is 0.102. The van der Waals surface area contributed by atoms with Crippen LogP contribution in [0.15, 0.2) is 51.8 Å². The summed E-state index contributed by atoms with van der Waals surface area (Å²) in [5, 5.41) is 3.25. The van der Waals surface area contributed by atoms with E-state index in [0.29, 0.717) is 23.1 Å². The maximum absolute atomic E-state index is 12.7. The molecule has 1 aromatic heterocycles. The molecule has 0 atom stereocenters. The van der Waals surface area contributed by atoms with Gasteiger partial charge in [-0.25, -0.2) is 4.98 Å². The van der Waals surface area contributed by atoms with Crippen LogP contribution >= 0.6 is 11.3 Å². The Morgan fingerprint density at radius 3 is 2.83 bits per heavy atom. The maximum atomic E-state index is 12.7. The lowest BCUT2D eigenvalue weighted by atomic mass is 10.1. The number of amidine groups is 1. The maximum Gasteiger partial charge on any atom is 0.286 e. The van der Waals surface area contributed by atoms with Gasteiger partial charge in [-0.1, -0.05) is 29.9 Å². The number of anilines is 2. The van der Waals surface area contributed by atoms with Crippen LogP contribution in [-0.4, -0.2) is 31.7 Å². The molecule has 2 aromatic carbocycles. The van der Waals surface area contributed by atoms with Crippen LogP contribution in [0.4, 0.5) is 10.8 Å². The van der Waals surface area contributed by atoms with E-state index in [4.69, 9.17) is 0 Å². The minimum atomic E-state index is -3.82. The Labute approximate surface area is 172 Å². The van der Waals surface area contributed by atoms with Gasteiger partial charge in [-0.15, -0.1) is 4.40 Å². The first-order chi connectivity index (χ1) is 14.0. The van der Waals surface area contributed by atoms with E-state index < -0.39 is 15.9 Å². The van der Waals surface area contributed by atoms with Crippen molar-refractivity contribution in [3.05, 3.63) is 48.0 Å². The Hall–Kier alpha value is -2.78. The first-order valence-corrected chi connectivity index (χ1v) is 11.7. The van der Waals surface area contributed by atoms with E-state index in [1.54, 1.807) is 12.1 Å². The first-order valence-electron chi connectivity index (χ1n) is 9.44. The second-order valence-corrected chi connectivity index (χ2v) is 9.67. The summed E-state index contributed by atoms with van der Waals surface area (Å²) < 4.78 is 30.5. The number of thiazole rings is 1. The predicted octanol–water partition coefficient (Wildman–Crippen LogP) is 4.03. The van der Waals surface area contributed by atoms with Crippen molar-refractivity contribution in [2.24, 2.45) is 4.40 Å². The number of aromatic nitrogens is 1. The van der Waals surface area contributed by atoms with Gasteiger partial charge in [0.2, 0.25) is 0 Å². The summed E-state index contributed by atoms with van der Waals surface area (Å²) in [4.78, 5) is 19.2. The van der Waals surface area contributed by atoms with E-state index in [1.807, 2.05) is 29.2 Å². The summed E-state index contributed by atoms with van der Waals surface area (Å²) in [5.74, 6) is 0.203. The van der Waals surface area contributed by atoms with Crippen molar-refractivity contribution in [2.75, 3.05) is 16.8 Å². The summed E-state index contributed by atoms with van der Waals surface area (Å²) in [6.07, 6.45) is 3.62. The number of para-hydroxylation sites is 1. The van der Waals surface area contributed by atoms with Crippen molar-refractivity contribution in [1.82, 2.24) is 4.98 Å². The average Bonchev–Trinajstić information content (AvgIpc) is 2.97. The zero-order valence-corrected chi connectivity index (χ0v) is 17.1. The molecule has 0 radical (unpaired) electrons. The van der Waals surface area contributed by atoms with Crippen LogP contribution in [0.25, 0.3) is 10.2 Å². The van der Waals surface area contributed by atoms with Crippen molar-refractivity contribution in [2.45, 2.75) is 30.6 Å². The molecular formula is C20H18N4O3S2. The lowest BCUT2D eigenvalue weighted by Gasteiger charge is -2.29. The SMILES string of the molecule is O=C(Nc1nc2ccccc2s1)c1ccc2c(c1)S(=O)(=O)N=C1CCCCCN12. The van der Waals surface area contributed by atoms with Gasteiger partial charge in [-0.05, 0) is 43.2 Å². The van der Waals surface area contributed by atoms with E-state index in [2.05, 4.69) is 14.7 Å². The molecule has 1 N–H and O–H groups in total. The van der Waals surface area contributed by atoms with Crippen molar-refractivity contribution in [3.8, 4) is 0 Å². The third-order valence-corrected chi connectivity index (χ3v) is 7.41. The number of carbonyl (C=O) groups excluding carboxylic acids is 1. The normalized spacial score (nSPS) is 17.8. The molecule has 2 aliphatic heterocycles. The Balaban J connectivity index is 1.48. The second-order valence-electron chi connectivity index (χ2n) is 7.07. The van der Waals surface area contributed by atoms with E-state index >= 15 is 0 Å². The van der Waals surface area contributed by atoms with Crippen LogP contribution in [-0.2, 0) is 10.0 Å². The summed E-state index contributed by atoms with van der Waals surface area (Å²) in [5.41, 5.74) is 1.68. The van der Waals surface area contributed by atoms with Crippen molar-refractivity contribution in [3.63, 3.8) is 0 Å². The number of nitrogens with one attached hydrogen (secondary N) is 1. The molecule has 0 saturated carbocycles. The number of hydrogen-bond acceptors (Lipinski definition) is 6. The van der Waals surface area contributed by atoms with E-state index in [9.17, 15) is 13.2 Å². The smallest absolute Gasteiger partial charge is 0.286 e. The zero-order valence-electron chi connectivity index (χ0n) is 15.5.